The third-order valence-electron chi connectivity index (χ3n) is 2.54. The van der Waals surface area contributed by atoms with Gasteiger partial charge in [0.25, 0.3) is 5.91 Å². The number of hydrogen-bond donors (Lipinski definition) is 3. The van der Waals surface area contributed by atoms with Crippen molar-refractivity contribution < 1.29 is 27.6 Å². The van der Waals surface area contributed by atoms with E-state index in [0.717, 1.165) is 24.4 Å². The number of hydrogen-bond acceptors (Lipinski definition) is 6. The molecule has 1 heterocycles. The van der Waals surface area contributed by atoms with Gasteiger partial charge in [0.05, 0.1) is 16.3 Å². The number of alkyl halides is 3. The molecule has 2 rings (SSSR count). The van der Waals surface area contributed by atoms with Crippen molar-refractivity contribution in [3.63, 3.8) is 0 Å². The summed E-state index contributed by atoms with van der Waals surface area (Å²) < 4.78 is 39.9. The van der Waals surface area contributed by atoms with Crippen molar-refractivity contribution in [3.05, 3.63) is 40.2 Å². The molecule has 4 N–H and O–H groups in total. The van der Waals surface area contributed by atoms with Crippen molar-refractivity contribution in [1.82, 2.24) is 10.2 Å². The second kappa shape index (κ2) is 5.82. The lowest BCUT2D eigenvalue weighted by Gasteiger charge is -2.11. The van der Waals surface area contributed by atoms with E-state index >= 15 is 0 Å². The van der Waals surface area contributed by atoms with Crippen LogP contribution in [0, 0.1) is 10.1 Å². The number of halogens is 3. The number of carbonyl (C=O) groups is 1. The normalized spacial score (nSPS) is 11.1. The average molecular weight is 331 g/mol. The van der Waals surface area contributed by atoms with Gasteiger partial charge in [0, 0.05) is 6.07 Å². The highest BCUT2D eigenvalue weighted by Crippen LogP contribution is 2.29. The van der Waals surface area contributed by atoms with Gasteiger partial charge in [-0.05, 0) is 12.1 Å². The lowest BCUT2D eigenvalue weighted by atomic mass is 10.2. The molecule has 2 aromatic rings. The molecule has 0 radical (unpaired) electrons. The van der Waals surface area contributed by atoms with Gasteiger partial charge in [0.2, 0.25) is 5.69 Å². The number of amides is 1. The fourth-order valence-corrected chi connectivity index (χ4v) is 1.62. The molecule has 0 aliphatic carbocycles. The first-order valence-electron chi connectivity index (χ1n) is 5.82. The molecule has 0 fully saturated rings. The average Bonchev–Trinajstić information content (AvgIpc) is 2.89. The van der Waals surface area contributed by atoms with E-state index < -0.39 is 34.3 Å². The number of ether oxygens (including phenoxy) is 1. The van der Waals surface area contributed by atoms with Gasteiger partial charge in [0.15, 0.2) is 0 Å². The lowest BCUT2D eigenvalue weighted by molar-refractivity contribution is -0.385. The first-order valence-corrected chi connectivity index (χ1v) is 5.82. The van der Waals surface area contributed by atoms with Gasteiger partial charge in [-0.25, -0.2) is 0 Å². The highest BCUT2D eigenvalue weighted by Gasteiger charge is 2.31. The molecule has 1 aromatic heterocycles. The molecule has 0 saturated carbocycles. The summed E-state index contributed by atoms with van der Waals surface area (Å²) in [5.41, 5.74) is 4.19. The highest BCUT2D eigenvalue weighted by molar-refractivity contribution is 6.06. The predicted octanol–water partition coefficient (Wildman–Crippen LogP) is 2.05. The molecule has 0 saturated heterocycles. The van der Waals surface area contributed by atoms with Crippen LogP contribution in [0.3, 0.4) is 0 Å². The molecular weight excluding hydrogens is 323 g/mol. The minimum atomic E-state index is -4.88. The van der Waals surface area contributed by atoms with Gasteiger partial charge in [-0.1, -0.05) is 0 Å². The summed E-state index contributed by atoms with van der Waals surface area (Å²) in [4.78, 5) is 21.8. The Bertz CT molecular complexity index is 758. The van der Waals surface area contributed by atoms with Crippen LogP contribution >= 0.6 is 0 Å². The quantitative estimate of drug-likeness (QED) is 0.445. The molecule has 0 aliphatic rings. The Labute approximate surface area is 125 Å². The predicted molar refractivity (Wildman–Crippen MR) is 70.7 cm³/mol. The maximum Gasteiger partial charge on any atom is 0.573 e. The van der Waals surface area contributed by atoms with Crippen LogP contribution in [0.1, 0.15) is 10.5 Å². The van der Waals surface area contributed by atoms with Gasteiger partial charge < -0.3 is 15.8 Å². The number of benzene rings is 1. The summed E-state index contributed by atoms with van der Waals surface area (Å²) in [6.45, 7) is 0. The van der Waals surface area contributed by atoms with Crippen LogP contribution in [0.4, 0.5) is 30.2 Å². The number of carbonyl (C=O) groups excluding carboxylic acids is 1. The van der Waals surface area contributed by atoms with Crippen molar-refractivity contribution >= 4 is 23.0 Å². The first-order chi connectivity index (χ1) is 10.7. The number of H-pyrrole nitrogens is 1. The molecule has 12 heteroatoms. The topological polar surface area (TPSA) is 136 Å². The third kappa shape index (κ3) is 3.87. The highest BCUT2D eigenvalue weighted by atomic mass is 19.4. The van der Waals surface area contributed by atoms with E-state index in [2.05, 4.69) is 20.3 Å². The standard InChI is InChI=1S/C11H8F3N5O4/c12-11(13,14)23-5-1-2-7(6(15)3-5)17-10(20)9-8(19(21)22)4-16-18-9/h1-4H,15H2,(H,16,18)(H,17,20). The van der Waals surface area contributed by atoms with E-state index in [1.807, 2.05) is 0 Å². The number of aromatic nitrogens is 2. The Hall–Kier alpha value is -3.31. The Morgan fingerprint density at radius 2 is 2.13 bits per heavy atom. The van der Waals surface area contributed by atoms with Crippen molar-refractivity contribution in [2.45, 2.75) is 6.36 Å². The van der Waals surface area contributed by atoms with Crippen LogP contribution in [0.5, 0.6) is 5.75 Å². The second-order valence-electron chi connectivity index (χ2n) is 4.13. The number of nitro groups is 1. The van der Waals surface area contributed by atoms with Gasteiger partial charge in [-0.2, -0.15) is 5.10 Å². The van der Waals surface area contributed by atoms with E-state index in [9.17, 15) is 28.1 Å². The van der Waals surface area contributed by atoms with Crippen LogP contribution in [-0.2, 0) is 0 Å². The van der Waals surface area contributed by atoms with Crippen molar-refractivity contribution in [2.24, 2.45) is 0 Å². The summed E-state index contributed by atoms with van der Waals surface area (Å²) in [5, 5.41) is 18.5. The number of anilines is 2. The Kier molecular flexibility index (Phi) is 4.07. The number of nitrogens with two attached hydrogens (primary N) is 1. The number of nitrogens with zero attached hydrogens (tertiary/aromatic N) is 2. The number of nitrogen functional groups attached to an aromatic ring is 1. The molecular formula is C11H8F3N5O4. The molecule has 0 spiro atoms. The van der Waals surface area contributed by atoms with E-state index in [1.54, 1.807) is 0 Å². The maximum atomic E-state index is 12.1. The Morgan fingerprint density at radius 3 is 2.70 bits per heavy atom. The molecule has 1 amide bonds. The monoisotopic (exact) mass is 331 g/mol. The van der Waals surface area contributed by atoms with Gasteiger partial charge in [-0.15, -0.1) is 13.2 Å². The number of aromatic amines is 1. The van der Waals surface area contributed by atoms with Crippen LogP contribution in [0.15, 0.2) is 24.4 Å². The SMILES string of the molecule is Nc1cc(OC(F)(F)F)ccc1NC(=O)c1n[nH]cc1[N+](=O)[O-]. The summed E-state index contributed by atoms with van der Waals surface area (Å²) in [6.07, 6.45) is -3.97. The molecule has 0 bridgehead atoms. The molecule has 1 aromatic carbocycles. The zero-order valence-electron chi connectivity index (χ0n) is 11.0. The molecule has 9 nitrogen and oxygen atoms in total. The second-order valence-corrected chi connectivity index (χ2v) is 4.13. The zero-order valence-corrected chi connectivity index (χ0v) is 11.0. The first kappa shape index (κ1) is 16.1. The summed E-state index contributed by atoms with van der Waals surface area (Å²) >= 11 is 0. The number of rotatable bonds is 4. The van der Waals surface area contributed by atoms with Crippen LogP contribution < -0.4 is 15.8 Å². The largest absolute Gasteiger partial charge is 0.573 e. The fraction of sp³-hybridized carbons (Fsp3) is 0.0909. The Balaban J connectivity index is 2.18. The minimum absolute atomic E-state index is 0.0539. The van der Waals surface area contributed by atoms with Crippen molar-refractivity contribution in [2.75, 3.05) is 11.1 Å². The molecule has 122 valence electrons. The minimum Gasteiger partial charge on any atom is -0.406 e. The summed E-state index contributed by atoms with van der Waals surface area (Å²) in [7, 11) is 0. The van der Waals surface area contributed by atoms with Gasteiger partial charge in [0.1, 0.15) is 11.9 Å². The molecule has 0 aliphatic heterocycles. The Morgan fingerprint density at radius 1 is 1.43 bits per heavy atom. The summed E-state index contributed by atoms with van der Waals surface area (Å²) in [5.74, 6) is -1.52. The fourth-order valence-electron chi connectivity index (χ4n) is 1.62. The third-order valence-corrected chi connectivity index (χ3v) is 2.54. The lowest BCUT2D eigenvalue weighted by Crippen LogP contribution is -2.18. The van der Waals surface area contributed by atoms with E-state index in [0.29, 0.717) is 0 Å². The van der Waals surface area contributed by atoms with E-state index in [-0.39, 0.29) is 11.4 Å². The van der Waals surface area contributed by atoms with Crippen molar-refractivity contribution in [3.8, 4) is 5.75 Å². The number of nitrogens with one attached hydrogen (secondary N) is 2. The van der Waals surface area contributed by atoms with Crippen LogP contribution in [-0.4, -0.2) is 27.4 Å². The van der Waals surface area contributed by atoms with Crippen LogP contribution in [0.2, 0.25) is 0 Å². The van der Waals surface area contributed by atoms with Crippen LogP contribution in [0.25, 0.3) is 0 Å². The van der Waals surface area contributed by atoms with Gasteiger partial charge in [-0.3, -0.25) is 20.0 Å². The van der Waals surface area contributed by atoms with E-state index in [4.69, 9.17) is 5.73 Å². The smallest absolute Gasteiger partial charge is 0.406 e. The molecule has 0 atom stereocenters. The molecule has 0 unspecified atom stereocenters. The van der Waals surface area contributed by atoms with E-state index in [1.165, 1.54) is 0 Å². The summed E-state index contributed by atoms with van der Waals surface area (Å²) in [6, 6.07) is 2.84. The maximum absolute atomic E-state index is 12.1. The van der Waals surface area contributed by atoms with Gasteiger partial charge >= 0.3 is 12.0 Å². The van der Waals surface area contributed by atoms with Crippen molar-refractivity contribution in [1.29, 1.82) is 0 Å². The zero-order chi connectivity index (χ0) is 17.2. The molecule has 23 heavy (non-hydrogen) atoms.